The smallest absolute Gasteiger partial charge is 0.0360 e. The highest BCUT2D eigenvalue weighted by Crippen LogP contribution is 2.38. The number of benzene rings is 1. The number of halogens is 1. The number of rotatable bonds is 4. The predicted octanol–water partition coefficient (Wildman–Crippen LogP) is 3.83. The summed E-state index contributed by atoms with van der Waals surface area (Å²) < 4.78 is 1.17. The molecule has 20 heavy (non-hydrogen) atoms. The first-order chi connectivity index (χ1) is 9.45. The van der Waals surface area contributed by atoms with Gasteiger partial charge in [-0.15, -0.1) is 0 Å². The third-order valence-electron chi connectivity index (χ3n) is 4.99. The lowest BCUT2D eigenvalue weighted by atomic mass is 9.70. The van der Waals surface area contributed by atoms with Gasteiger partial charge in [0, 0.05) is 16.1 Å². The van der Waals surface area contributed by atoms with E-state index >= 15 is 0 Å². The molecule has 0 heterocycles. The van der Waals surface area contributed by atoms with Crippen molar-refractivity contribution < 1.29 is 0 Å². The molecule has 1 aromatic rings. The van der Waals surface area contributed by atoms with Crippen LogP contribution in [0.5, 0.6) is 0 Å². The van der Waals surface area contributed by atoms with E-state index in [4.69, 9.17) is 5.73 Å². The lowest BCUT2D eigenvalue weighted by Gasteiger charge is -2.49. The maximum atomic E-state index is 6.68. The topological polar surface area (TPSA) is 29.3 Å². The Hall–Kier alpha value is -0.380. The minimum atomic E-state index is 0.146. The van der Waals surface area contributed by atoms with E-state index in [2.05, 4.69) is 66.1 Å². The maximum absolute atomic E-state index is 6.68. The predicted molar refractivity (Wildman–Crippen MR) is 89.9 cm³/mol. The highest BCUT2D eigenvalue weighted by molar-refractivity contribution is 9.10. The van der Waals surface area contributed by atoms with E-state index in [-0.39, 0.29) is 11.6 Å². The van der Waals surface area contributed by atoms with E-state index in [1.165, 1.54) is 35.7 Å². The Morgan fingerprint density at radius 2 is 2.10 bits per heavy atom. The first kappa shape index (κ1) is 16.0. The zero-order chi connectivity index (χ0) is 14.8. The van der Waals surface area contributed by atoms with Crippen molar-refractivity contribution in [2.24, 2.45) is 11.7 Å². The molecule has 0 aliphatic heterocycles. The average Bonchev–Trinajstić information content (AvgIpc) is 2.41. The first-order valence-electron chi connectivity index (χ1n) is 7.62. The highest BCUT2D eigenvalue weighted by atomic mass is 79.9. The fraction of sp³-hybridized carbons (Fsp3) is 0.647. The molecule has 0 aromatic heterocycles. The second-order valence-corrected chi connectivity index (χ2v) is 7.46. The van der Waals surface area contributed by atoms with E-state index in [9.17, 15) is 0 Å². The summed E-state index contributed by atoms with van der Waals surface area (Å²) >= 11 is 3.65. The summed E-state index contributed by atoms with van der Waals surface area (Å²) in [4.78, 5) is 2.38. The Labute approximate surface area is 131 Å². The monoisotopic (exact) mass is 338 g/mol. The minimum absolute atomic E-state index is 0.146. The fourth-order valence-corrected chi connectivity index (χ4v) is 4.18. The average molecular weight is 339 g/mol. The molecular weight excluding hydrogens is 312 g/mol. The second kappa shape index (κ2) is 6.59. The Balaban J connectivity index is 2.19. The standard InChI is InChI=1S/C17H27BrN2/c1-13-7-6-10-17(12-13,20(2)3)16(19)11-14-8-4-5-9-15(14)18/h4-5,8-9,13,16H,6-7,10-12,19H2,1-3H3. The molecule has 0 amide bonds. The van der Waals surface area contributed by atoms with Crippen molar-refractivity contribution in [1.29, 1.82) is 0 Å². The molecule has 0 spiro atoms. The molecule has 0 radical (unpaired) electrons. The summed E-state index contributed by atoms with van der Waals surface area (Å²) in [6, 6.07) is 8.62. The minimum Gasteiger partial charge on any atom is -0.326 e. The van der Waals surface area contributed by atoms with Crippen LogP contribution in [0.2, 0.25) is 0 Å². The van der Waals surface area contributed by atoms with Crippen molar-refractivity contribution in [3.05, 3.63) is 34.3 Å². The Kier molecular flexibility index (Phi) is 5.27. The fourth-order valence-electron chi connectivity index (χ4n) is 3.73. The van der Waals surface area contributed by atoms with Crippen molar-refractivity contribution in [3.8, 4) is 0 Å². The molecule has 1 saturated carbocycles. The molecule has 3 unspecified atom stereocenters. The number of nitrogens with zero attached hydrogens (tertiary/aromatic N) is 1. The molecular formula is C17H27BrN2. The van der Waals surface area contributed by atoms with Crippen LogP contribution < -0.4 is 5.73 Å². The number of likely N-dealkylation sites (N-methyl/N-ethyl adjacent to an activating group) is 1. The van der Waals surface area contributed by atoms with Gasteiger partial charge in [0.1, 0.15) is 0 Å². The lowest BCUT2D eigenvalue weighted by molar-refractivity contribution is 0.0503. The molecule has 1 aromatic carbocycles. The van der Waals surface area contributed by atoms with Gasteiger partial charge in [0.25, 0.3) is 0 Å². The van der Waals surface area contributed by atoms with Crippen LogP contribution in [0.1, 0.15) is 38.2 Å². The van der Waals surface area contributed by atoms with Crippen molar-refractivity contribution in [3.63, 3.8) is 0 Å². The molecule has 1 aliphatic carbocycles. The van der Waals surface area contributed by atoms with Crippen molar-refractivity contribution in [2.45, 2.75) is 50.6 Å². The molecule has 2 nitrogen and oxygen atoms in total. The van der Waals surface area contributed by atoms with Gasteiger partial charge in [-0.25, -0.2) is 0 Å². The Morgan fingerprint density at radius 3 is 2.70 bits per heavy atom. The quantitative estimate of drug-likeness (QED) is 0.903. The Morgan fingerprint density at radius 1 is 1.40 bits per heavy atom. The molecule has 3 heteroatoms. The van der Waals surface area contributed by atoms with Gasteiger partial charge in [0.15, 0.2) is 0 Å². The third-order valence-corrected chi connectivity index (χ3v) is 5.76. The molecule has 0 saturated heterocycles. The van der Waals surface area contributed by atoms with Crippen LogP contribution in [0.3, 0.4) is 0 Å². The van der Waals surface area contributed by atoms with Gasteiger partial charge in [-0.2, -0.15) is 0 Å². The SMILES string of the molecule is CC1CCCC(C(N)Cc2ccccc2Br)(N(C)C)C1. The largest absolute Gasteiger partial charge is 0.326 e. The summed E-state index contributed by atoms with van der Waals surface area (Å²) in [6.45, 7) is 2.36. The van der Waals surface area contributed by atoms with Gasteiger partial charge in [-0.05, 0) is 50.9 Å². The van der Waals surface area contributed by atoms with Gasteiger partial charge < -0.3 is 10.6 Å². The molecule has 1 fully saturated rings. The highest BCUT2D eigenvalue weighted by Gasteiger charge is 2.41. The summed E-state index contributed by atoms with van der Waals surface area (Å²) in [5.74, 6) is 0.774. The molecule has 1 aliphatic rings. The van der Waals surface area contributed by atoms with Crippen molar-refractivity contribution in [1.82, 2.24) is 4.90 Å². The molecule has 2 rings (SSSR count). The van der Waals surface area contributed by atoms with Gasteiger partial charge in [-0.3, -0.25) is 0 Å². The van der Waals surface area contributed by atoms with E-state index in [0.29, 0.717) is 0 Å². The molecule has 2 N–H and O–H groups in total. The van der Waals surface area contributed by atoms with Crippen LogP contribution in [-0.2, 0) is 6.42 Å². The lowest BCUT2D eigenvalue weighted by Crippen LogP contribution is -2.60. The molecule has 112 valence electrons. The summed E-state index contributed by atoms with van der Waals surface area (Å²) in [6.07, 6.45) is 6.01. The van der Waals surface area contributed by atoms with Crippen LogP contribution >= 0.6 is 15.9 Å². The second-order valence-electron chi connectivity index (χ2n) is 6.60. The number of hydrogen-bond donors (Lipinski definition) is 1. The van der Waals surface area contributed by atoms with Crippen LogP contribution in [-0.4, -0.2) is 30.6 Å². The van der Waals surface area contributed by atoms with Crippen LogP contribution in [0.25, 0.3) is 0 Å². The normalized spacial score (nSPS) is 28.6. The number of nitrogens with two attached hydrogens (primary N) is 1. The van der Waals surface area contributed by atoms with Crippen molar-refractivity contribution >= 4 is 15.9 Å². The first-order valence-corrected chi connectivity index (χ1v) is 8.41. The molecule has 0 bridgehead atoms. The van der Waals surface area contributed by atoms with E-state index in [0.717, 1.165) is 12.3 Å². The van der Waals surface area contributed by atoms with Gasteiger partial charge >= 0.3 is 0 Å². The summed E-state index contributed by atoms with van der Waals surface area (Å²) in [5.41, 5.74) is 8.15. The maximum Gasteiger partial charge on any atom is 0.0360 e. The van der Waals surface area contributed by atoms with E-state index in [1.54, 1.807) is 0 Å². The molecule has 3 atom stereocenters. The number of hydrogen-bond acceptors (Lipinski definition) is 2. The van der Waals surface area contributed by atoms with Gasteiger partial charge in [0.05, 0.1) is 0 Å². The van der Waals surface area contributed by atoms with Crippen LogP contribution in [0.4, 0.5) is 0 Å². The van der Waals surface area contributed by atoms with Crippen LogP contribution in [0, 0.1) is 5.92 Å². The zero-order valence-corrected chi connectivity index (χ0v) is 14.5. The van der Waals surface area contributed by atoms with Crippen LogP contribution in [0.15, 0.2) is 28.7 Å². The van der Waals surface area contributed by atoms with E-state index < -0.39 is 0 Å². The zero-order valence-electron chi connectivity index (χ0n) is 12.9. The Bertz CT molecular complexity index is 446. The summed E-state index contributed by atoms with van der Waals surface area (Å²) in [5, 5.41) is 0. The van der Waals surface area contributed by atoms with E-state index in [1.807, 2.05) is 0 Å². The third kappa shape index (κ3) is 3.26. The van der Waals surface area contributed by atoms with Gasteiger partial charge in [-0.1, -0.05) is 53.9 Å². The summed E-state index contributed by atoms with van der Waals surface area (Å²) in [7, 11) is 4.38. The van der Waals surface area contributed by atoms with Crippen molar-refractivity contribution in [2.75, 3.05) is 14.1 Å². The van der Waals surface area contributed by atoms with Gasteiger partial charge in [0.2, 0.25) is 0 Å².